The van der Waals surface area contributed by atoms with Crippen molar-refractivity contribution in [3.05, 3.63) is 11.6 Å². The van der Waals surface area contributed by atoms with E-state index < -0.39 is 41.6 Å². The Kier molecular flexibility index (Phi) is 7.41. The number of carboxylic acid groups (broad SMARTS) is 1. The number of allylic oxidation sites excluding steroid dienone is 1. The van der Waals surface area contributed by atoms with Crippen molar-refractivity contribution >= 4 is 5.97 Å². The summed E-state index contributed by atoms with van der Waals surface area (Å²) < 4.78 is 12.1. The van der Waals surface area contributed by atoms with Gasteiger partial charge < -0.3 is 35.0 Å². The van der Waals surface area contributed by atoms with Crippen LogP contribution in [0.2, 0.25) is 0 Å². The zero-order valence-electron chi connectivity index (χ0n) is 27.3. The van der Waals surface area contributed by atoms with Crippen LogP contribution < -0.4 is 0 Å². The number of carbonyl (C=O) groups is 1. The van der Waals surface area contributed by atoms with E-state index >= 15 is 0 Å². The molecule has 8 nitrogen and oxygen atoms in total. The first kappa shape index (κ1) is 31.9. The number of hydrogen-bond donors (Lipinski definition) is 5. The van der Waals surface area contributed by atoms with Crippen LogP contribution in [-0.4, -0.2) is 74.4 Å². The van der Waals surface area contributed by atoms with Crippen molar-refractivity contribution in [3.63, 3.8) is 0 Å². The molecule has 8 heteroatoms. The molecule has 0 amide bonds. The average Bonchev–Trinajstić information content (AvgIpc) is 2.92. The van der Waals surface area contributed by atoms with E-state index in [2.05, 4.69) is 47.6 Å². The standard InChI is InChI=1S/C35H56O8/c1-19-10-15-35(29(39)40)17-16-32(5)20(27(35)34(19,7)41)8-9-23-31(4)13-12-24(30(2,3)22(31)11-14-33(23,32)6)43-28-26(38)25(37)21(36)18-42-28/h8,19,21-28,36-38,41H,9-18H2,1-7H3,(H,39,40)/t19-,21-,22+,23-,24?,25+,26-,27-,28+,31+,32-,33-,34-,35+/m1/s1. The number of aliphatic carboxylic acids is 1. The van der Waals surface area contributed by atoms with Crippen LogP contribution in [-0.2, 0) is 14.3 Å². The predicted octanol–water partition coefficient (Wildman–Crippen LogP) is 4.67. The fourth-order valence-electron chi connectivity index (χ4n) is 12.1. The number of hydrogen-bond acceptors (Lipinski definition) is 7. The molecule has 5 N–H and O–H groups in total. The predicted molar refractivity (Wildman–Crippen MR) is 161 cm³/mol. The minimum Gasteiger partial charge on any atom is -0.481 e. The first-order chi connectivity index (χ1) is 19.9. The highest BCUT2D eigenvalue weighted by molar-refractivity contribution is 5.77. The van der Waals surface area contributed by atoms with E-state index in [4.69, 9.17) is 9.47 Å². The molecule has 43 heavy (non-hydrogen) atoms. The fourth-order valence-corrected chi connectivity index (χ4v) is 12.1. The SMILES string of the molecule is C[C@@H]1CC[C@]2(C(=O)O)CC[C@]3(C)C(=CC[C@@H]4[C@@]5(C)CCC(O[C@@H]6OC[C@@H](O)[C@H](O)[C@H]6O)C(C)(C)[C@@H]5CC[C@]43C)[C@@H]2[C@]1(C)O. The minimum absolute atomic E-state index is 0.0313. The largest absolute Gasteiger partial charge is 0.481 e. The van der Waals surface area contributed by atoms with Gasteiger partial charge in [-0.1, -0.05) is 53.2 Å². The van der Waals surface area contributed by atoms with Crippen LogP contribution in [0, 0.1) is 50.7 Å². The van der Waals surface area contributed by atoms with Gasteiger partial charge in [-0.25, -0.2) is 0 Å². The van der Waals surface area contributed by atoms with Crippen LogP contribution >= 0.6 is 0 Å². The van der Waals surface area contributed by atoms with E-state index in [-0.39, 0.29) is 46.2 Å². The number of rotatable bonds is 3. The van der Waals surface area contributed by atoms with Crippen LogP contribution in [0.15, 0.2) is 11.6 Å². The van der Waals surface area contributed by atoms with Crippen LogP contribution in [0.1, 0.15) is 106 Å². The molecule has 1 saturated heterocycles. The maximum Gasteiger partial charge on any atom is 0.310 e. The molecule has 4 saturated carbocycles. The molecule has 0 spiro atoms. The molecule has 244 valence electrons. The topological polar surface area (TPSA) is 137 Å². The van der Waals surface area contributed by atoms with Gasteiger partial charge in [-0.2, -0.15) is 0 Å². The summed E-state index contributed by atoms with van der Waals surface area (Å²) >= 11 is 0. The summed E-state index contributed by atoms with van der Waals surface area (Å²) in [6.45, 7) is 15.8. The smallest absolute Gasteiger partial charge is 0.310 e. The molecule has 0 bridgehead atoms. The Morgan fingerprint density at radius 3 is 2.28 bits per heavy atom. The fraction of sp³-hybridized carbons (Fsp3) is 0.914. The van der Waals surface area contributed by atoms with Crippen molar-refractivity contribution in [1.29, 1.82) is 0 Å². The zero-order chi connectivity index (χ0) is 31.5. The first-order valence-corrected chi connectivity index (χ1v) is 16.9. The van der Waals surface area contributed by atoms with Crippen LogP contribution in [0.4, 0.5) is 0 Å². The maximum absolute atomic E-state index is 13.0. The van der Waals surface area contributed by atoms with Gasteiger partial charge in [0, 0.05) is 5.92 Å². The summed E-state index contributed by atoms with van der Waals surface area (Å²) in [5.74, 6) is -0.306. The molecule has 6 aliphatic rings. The highest BCUT2D eigenvalue weighted by atomic mass is 16.7. The van der Waals surface area contributed by atoms with E-state index in [1.807, 2.05) is 6.92 Å². The monoisotopic (exact) mass is 604 g/mol. The molecule has 6 rings (SSSR count). The van der Waals surface area contributed by atoms with E-state index in [1.54, 1.807) is 0 Å². The molecular formula is C35H56O8. The molecule has 14 atom stereocenters. The normalized spacial score (nSPS) is 56.1. The number of fused-ring (bicyclic) bond motifs is 7. The zero-order valence-corrected chi connectivity index (χ0v) is 27.3. The second kappa shape index (κ2) is 9.98. The quantitative estimate of drug-likeness (QED) is 0.232. The van der Waals surface area contributed by atoms with E-state index in [1.165, 1.54) is 5.57 Å². The summed E-state index contributed by atoms with van der Waals surface area (Å²) in [6, 6.07) is 0. The third-order valence-corrected chi connectivity index (χ3v) is 15.2. The second-order valence-corrected chi connectivity index (χ2v) is 17.1. The lowest BCUT2D eigenvalue weighted by atomic mass is 9.33. The molecule has 5 fully saturated rings. The van der Waals surface area contributed by atoms with Crippen molar-refractivity contribution in [1.82, 2.24) is 0 Å². The third-order valence-electron chi connectivity index (χ3n) is 15.2. The molecule has 1 unspecified atom stereocenters. The van der Waals surface area contributed by atoms with Crippen molar-refractivity contribution in [2.45, 2.75) is 143 Å². The lowest BCUT2D eigenvalue weighted by Crippen LogP contribution is -2.68. The van der Waals surface area contributed by atoms with Crippen LogP contribution in [0.3, 0.4) is 0 Å². The molecule has 0 aromatic carbocycles. The molecule has 1 aliphatic heterocycles. The number of aliphatic hydroxyl groups is 4. The van der Waals surface area contributed by atoms with E-state index in [9.17, 15) is 30.3 Å². The van der Waals surface area contributed by atoms with Gasteiger partial charge in [-0.05, 0) is 104 Å². The van der Waals surface area contributed by atoms with Gasteiger partial charge in [0.1, 0.15) is 18.3 Å². The lowest BCUT2D eigenvalue weighted by Gasteiger charge is -2.72. The van der Waals surface area contributed by atoms with Crippen molar-refractivity contribution in [3.8, 4) is 0 Å². The maximum atomic E-state index is 13.0. The summed E-state index contributed by atoms with van der Waals surface area (Å²) in [5, 5.41) is 53.4. The van der Waals surface area contributed by atoms with Gasteiger partial charge in [-0.15, -0.1) is 0 Å². The third kappa shape index (κ3) is 4.11. The summed E-state index contributed by atoms with van der Waals surface area (Å²) in [6.07, 6.45) is 5.06. The van der Waals surface area contributed by atoms with Gasteiger partial charge in [0.25, 0.3) is 0 Å². The second-order valence-electron chi connectivity index (χ2n) is 17.1. The highest BCUT2D eigenvalue weighted by Crippen LogP contribution is 2.76. The lowest BCUT2D eigenvalue weighted by molar-refractivity contribution is -0.308. The molecule has 0 aromatic heterocycles. The Hall–Kier alpha value is -1.03. The number of aliphatic hydroxyl groups excluding tert-OH is 3. The van der Waals surface area contributed by atoms with E-state index in [0.717, 1.165) is 44.9 Å². The number of ether oxygens (including phenoxy) is 2. The van der Waals surface area contributed by atoms with Gasteiger partial charge in [0.05, 0.1) is 23.7 Å². The number of carboxylic acids is 1. The van der Waals surface area contributed by atoms with Gasteiger partial charge >= 0.3 is 5.97 Å². The molecule has 0 radical (unpaired) electrons. The average molecular weight is 605 g/mol. The van der Waals surface area contributed by atoms with Crippen molar-refractivity contribution < 1.29 is 39.8 Å². The van der Waals surface area contributed by atoms with Crippen molar-refractivity contribution in [2.75, 3.05) is 6.61 Å². The van der Waals surface area contributed by atoms with Gasteiger partial charge in [0.15, 0.2) is 6.29 Å². The van der Waals surface area contributed by atoms with Gasteiger partial charge in [0.2, 0.25) is 0 Å². The summed E-state index contributed by atoms with van der Waals surface area (Å²) in [4.78, 5) is 13.0. The molecule has 0 aromatic rings. The Morgan fingerprint density at radius 1 is 0.907 bits per heavy atom. The van der Waals surface area contributed by atoms with Crippen LogP contribution in [0.25, 0.3) is 0 Å². The highest BCUT2D eigenvalue weighted by Gasteiger charge is 2.71. The Bertz CT molecular complexity index is 1160. The summed E-state index contributed by atoms with van der Waals surface area (Å²) in [7, 11) is 0. The molecule has 1 heterocycles. The Balaban J connectivity index is 1.33. The summed E-state index contributed by atoms with van der Waals surface area (Å²) in [5.41, 5.74) is -1.16. The Morgan fingerprint density at radius 2 is 1.60 bits per heavy atom. The van der Waals surface area contributed by atoms with Crippen LogP contribution in [0.5, 0.6) is 0 Å². The first-order valence-electron chi connectivity index (χ1n) is 16.9. The molecular weight excluding hydrogens is 548 g/mol. The minimum atomic E-state index is -1.30. The van der Waals surface area contributed by atoms with Crippen molar-refractivity contribution in [2.24, 2.45) is 50.7 Å². The Labute approximate surface area is 257 Å². The van der Waals surface area contributed by atoms with Gasteiger partial charge in [-0.3, -0.25) is 4.79 Å². The molecule has 5 aliphatic carbocycles. The van der Waals surface area contributed by atoms with E-state index in [0.29, 0.717) is 24.7 Å².